The SMILES string of the molecule is COC(=O)c1cnc(Nc2cccc(CS(=O)c3ccccc3)c2)c([N+](=O)[O-])c1. The second kappa shape index (κ2) is 9.07. The summed E-state index contributed by atoms with van der Waals surface area (Å²) in [6, 6.07) is 17.3. The molecule has 148 valence electrons. The summed E-state index contributed by atoms with van der Waals surface area (Å²) in [7, 11) is -0.0276. The number of benzene rings is 2. The summed E-state index contributed by atoms with van der Waals surface area (Å²) < 4.78 is 17.1. The maximum Gasteiger partial charge on any atom is 0.339 e. The van der Waals surface area contributed by atoms with Crippen molar-refractivity contribution < 1.29 is 18.7 Å². The highest BCUT2D eigenvalue weighted by atomic mass is 32.2. The molecule has 0 fully saturated rings. The molecule has 0 radical (unpaired) electrons. The Bertz CT molecular complexity index is 1070. The summed E-state index contributed by atoms with van der Waals surface area (Å²) in [5.41, 5.74) is 0.975. The first-order chi connectivity index (χ1) is 14.0. The molecule has 0 spiro atoms. The van der Waals surface area contributed by atoms with E-state index in [1.54, 1.807) is 30.3 Å². The average molecular weight is 411 g/mol. The van der Waals surface area contributed by atoms with Crippen molar-refractivity contribution in [2.45, 2.75) is 10.6 Å². The number of hydrogen-bond acceptors (Lipinski definition) is 7. The van der Waals surface area contributed by atoms with Crippen LogP contribution < -0.4 is 5.32 Å². The van der Waals surface area contributed by atoms with Crippen LogP contribution in [0.2, 0.25) is 0 Å². The largest absolute Gasteiger partial charge is 0.465 e. The Hall–Kier alpha value is -3.59. The Kier molecular flexibility index (Phi) is 6.30. The first-order valence-electron chi connectivity index (χ1n) is 8.50. The number of aromatic nitrogens is 1. The lowest BCUT2D eigenvalue weighted by atomic mass is 10.2. The van der Waals surface area contributed by atoms with Gasteiger partial charge in [0, 0.05) is 22.8 Å². The maximum absolute atomic E-state index is 12.5. The van der Waals surface area contributed by atoms with Gasteiger partial charge in [-0.25, -0.2) is 9.78 Å². The lowest BCUT2D eigenvalue weighted by molar-refractivity contribution is -0.384. The van der Waals surface area contributed by atoms with Crippen LogP contribution in [0, 0.1) is 10.1 Å². The molecule has 0 aliphatic rings. The van der Waals surface area contributed by atoms with Crippen molar-refractivity contribution in [3.05, 3.63) is 88.1 Å². The minimum atomic E-state index is -1.21. The molecule has 0 bridgehead atoms. The molecule has 1 aromatic heterocycles. The number of hydrogen-bond donors (Lipinski definition) is 1. The topological polar surface area (TPSA) is 111 Å². The molecule has 3 rings (SSSR count). The minimum absolute atomic E-state index is 0.0102. The monoisotopic (exact) mass is 411 g/mol. The molecule has 1 unspecified atom stereocenters. The molecular weight excluding hydrogens is 394 g/mol. The molecule has 9 heteroatoms. The van der Waals surface area contributed by atoms with Gasteiger partial charge in [0.25, 0.3) is 0 Å². The molecule has 0 saturated heterocycles. The van der Waals surface area contributed by atoms with Crippen LogP contribution in [-0.2, 0) is 21.3 Å². The van der Waals surface area contributed by atoms with Gasteiger partial charge in [0.2, 0.25) is 5.82 Å². The predicted octanol–water partition coefficient (Wildman–Crippen LogP) is 3.83. The van der Waals surface area contributed by atoms with E-state index >= 15 is 0 Å². The third-order valence-electron chi connectivity index (χ3n) is 3.98. The van der Waals surface area contributed by atoms with Gasteiger partial charge < -0.3 is 10.1 Å². The molecule has 1 atom stereocenters. The van der Waals surface area contributed by atoms with E-state index in [-0.39, 0.29) is 17.1 Å². The van der Waals surface area contributed by atoms with Gasteiger partial charge >= 0.3 is 11.7 Å². The number of rotatable bonds is 7. The van der Waals surface area contributed by atoms with E-state index in [2.05, 4.69) is 15.0 Å². The maximum atomic E-state index is 12.5. The van der Waals surface area contributed by atoms with E-state index in [0.717, 1.165) is 16.5 Å². The highest BCUT2D eigenvalue weighted by molar-refractivity contribution is 7.84. The van der Waals surface area contributed by atoms with Crippen LogP contribution in [0.15, 0.2) is 71.8 Å². The van der Waals surface area contributed by atoms with Gasteiger partial charge in [0.15, 0.2) is 0 Å². The second-order valence-electron chi connectivity index (χ2n) is 5.97. The van der Waals surface area contributed by atoms with Crippen LogP contribution >= 0.6 is 0 Å². The molecule has 0 aliphatic carbocycles. The van der Waals surface area contributed by atoms with Gasteiger partial charge in [-0.2, -0.15) is 0 Å². The summed E-state index contributed by atoms with van der Waals surface area (Å²) in [6.45, 7) is 0. The summed E-state index contributed by atoms with van der Waals surface area (Å²) >= 11 is 0. The lowest BCUT2D eigenvalue weighted by Crippen LogP contribution is -2.06. The molecule has 1 heterocycles. The van der Waals surface area contributed by atoms with E-state index in [1.807, 2.05) is 24.3 Å². The first-order valence-corrected chi connectivity index (χ1v) is 9.82. The van der Waals surface area contributed by atoms with Crippen LogP contribution in [0.3, 0.4) is 0 Å². The molecule has 29 heavy (non-hydrogen) atoms. The van der Waals surface area contributed by atoms with Gasteiger partial charge in [0.1, 0.15) is 0 Å². The predicted molar refractivity (Wildman–Crippen MR) is 109 cm³/mol. The zero-order valence-electron chi connectivity index (χ0n) is 15.4. The van der Waals surface area contributed by atoms with Gasteiger partial charge in [-0.15, -0.1) is 0 Å². The number of nitrogens with one attached hydrogen (secondary N) is 1. The fraction of sp³-hybridized carbons (Fsp3) is 0.100. The highest BCUT2D eigenvalue weighted by Crippen LogP contribution is 2.27. The quantitative estimate of drug-likeness (QED) is 0.357. The van der Waals surface area contributed by atoms with E-state index in [9.17, 15) is 19.1 Å². The number of nitrogens with zero attached hydrogens (tertiary/aromatic N) is 2. The Labute approximate surface area is 169 Å². The van der Waals surface area contributed by atoms with Crippen molar-refractivity contribution in [1.29, 1.82) is 0 Å². The molecule has 0 saturated carbocycles. The molecule has 2 aromatic carbocycles. The number of methoxy groups -OCH3 is 1. The number of anilines is 2. The summed E-state index contributed by atoms with van der Waals surface area (Å²) in [6.07, 6.45) is 1.20. The Balaban J connectivity index is 1.82. The highest BCUT2D eigenvalue weighted by Gasteiger charge is 2.20. The summed E-state index contributed by atoms with van der Waals surface area (Å²) in [4.78, 5) is 27.0. The van der Waals surface area contributed by atoms with Crippen molar-refractivity contribution in [3.8, 4) is 0 Å². The van der Waals surface area contributed by atoms with Gasteiger partial charge in [0.05, 0.1) is 34.1 Å². The Morgan fingerprint density at radius 1 is 1.17 bits per heavy atom. The van der Waals surface area contributed by atoms with Crippen molar-refractivity contribution >= 4 is 34.0 Å². The van der Waals surface area contributed by atoms with Crippen molar-refractivity contribution in [1.82, 2.24) is 4.98 Å². The summed E-state index contributed by atoms with van der Waals surface area (Å²) in [5, 5.41) is 14.3. The van der Waals surface area contributed by atoms with Crippen LogP contribution in [0.25, 0.3) is 0 Å². The van der Waals surface area contributed by atoms with Crippen LogP contribution in [0.1, 0.15) is 15.9 Å². The zero-order chi connectivity index (χ0) is 20.8. The third-order valence-corrected chi connectivity index (χ3v) is 5.37. The van der Waals surface area contributed by atoms with Gasteiger partial charge in [-0.3, -0.25) is 14.3 Å². The van der Waals surface area contributed by atoms with Crippen molar-refractivity contribution in [3.63, 3.8) is 0 Å². The van der Waals surface area contributed by atoms with Crippen molar-refractivity contribution in [2.24, 2.45) is 0 Å². The van der Waals surface area contributed by atoms with E-state index in [4.69, 9.17) is 0 Å². The number of esters is 1. The molecular formula is C20H17N3O5S. The average Bonchev–Trinajstić information content (AvgIpc) is 2.74. The van der Waals surface area contributed by atoms with Crippen LogP contribution in [-0.4, -0.2) is 27.2 Å². The number of carbonyl (C=O) groups is 1. The number of nitro groups is 1. The van der Waals surface area contributed by atoms with E-state index < -0.39 is 21.7 Å². The van der Waals surface area contributed by atoms with E-state index in [1.165, 1.54) is 13.3 Å². The normalized spacial score (nSPS) is 11.5. The zero-order valence-corrected chi connectivity index (χ0v) is 16.2. The standard InChI is InChI=1S/C20H17N3O5S/c1-28-20(24)15-11-18(23(25)26)19(21-12-15)22-16-7-5-6-14(10-16)13-29(27)17-8-3-2-4-9-17/h2-12H,13H2,1H3,(H,21,22). The minimum Gasteiger partial charge on any atom is -0.465 e. The molecule has 1 N–H and O–H groups in total. The van der Waals surface area contributed by atoms with Crippen LogP contribution in [0.4, 0.5) is 17.2 Å². The second-order valence-corrected chi connectivity index (χ2v) is 7.42. The molecule has 8 nitrogen and oxygen atoms in total. The lowest BCUT2D eigenvalue weighted by Gasteiger charge is -2.09. The third kappa shape index (κ3) is 5.02. The Morgan fingerprint density at radius 3 is 2.62 bits per heavy atom. The molecule has 0 aliphatic heterocycles. The smallest absolute Gasteiger partial charge is 0.339 e. The molecule has 3 aromatic rings. The van der Waals surface area contributed by atoms with Gasteiger partial charge in [-0.05, 0) is 29.8 Å². The van der Waals surface area contributed by atoms with E-state index in [0.29, 0.717) is 11.4 Å². The van der Waals surface area contributed by atoms with Crippen molar-refractivity contribution in [2.75, 3.05) is 12.4 Å². The summed E-state index contributed by atoms with van der Waals surface area (Å²) in [5.74, 6) is -0.419. The van der Waals surface area contributed by atoms with Crippen LogP contribution in [0.5, 0.6) is 0 Å². The fourth-order valence-electron chi connectivity index (χ4n) is 2.60. The number of ether oxygens (including phenoxy) is 1. The number of carbonyl (C=O) groups excluding carboxylic acids is 1. The first kappa shape index (κ1) is 20.2. The van der Waals surface area contributed by atoms with Gasteiger partial charge in [-0.1, -0.05) is 30.3 Å². The molecule has 0 amide bonds. The Morgan fingerprint density at radius 2 is 1.93 bits per heavy atom. The number of pyridine rings is 1. The fourth-order valence-corrected chi connectivity index (χ4v) is 3.71.